The van der Waals surface area contributed by atoms with Crippen molar-refractivity contribution in [3.8, 4) is 23.0 Å². The molecule has 302 valence electrons. The number of hydrogen-bond acceptors (Lipinski definition) is 13. The van der Waals surface area contributed by atoms with Gasteiger partial charge in [-0.15, -0.1) is 0 Å². The fraction of sp³-hybridized carbons (Fsp3) is 0.415. The van der Waals surface area contributed by atoms with Gasteiger partial charge >= 0.3 is 17.9 Å². The van der Waals surface area contributed by atoms with Crippen LogP contribution in [0, 0.1) is 11.8 Å². The Hall–Kier alpha value is -6.12. The summed E-state index contributed by atoms with van der Waals surface area (Å²) in [4.78, 5) is 74.8. The molecule has 5 atom stereocenters. The molecule has 1 aliphatic rings. The van der Waals surface area contributed by atoms with Gasteiger partial charge in [-0.25, -0.2) is 4.79 Å². The van der Waals surface area contributed by atoms with Crippen LogP contribution < -0.4 is 15.4 Å². The molecule has 3 aromatic rings. The Bertz CT molecular complexity index is 1860. The SMILES string of the molecule is CCCCCC1C(=O)OC(C)C(NC(=O)c2cccc(NC=O)c2O)C(=O)OC(C)C1OC(=O)CC(C)C.COc1ccc(C(=O)c2ccccc2O)c(O)c1. The van der Waals surface area contributed by atoms with Crippen LogP contribution in [0.1, 0.15) is 93.0 Å². The molecule has 1 heterocycles. The molecule has 0 aromatic heterocycles. The molecule has 4 rings (SSSR count). The molecule has 1 fully saturated rings. The van der Waals surface area contributed by atoms with E-state index in [1.807, 2.05) is 20.8 Å². The summed E-state index contributed by atoms with van der Waals surface area (Å²) in [6, 6.07) is 13.3. The zero-order chi connectivity index (χ0) is 41.5. The van der Waals surface area contributed by atoms with Crippen molar-refractivity contribution in [2.45, 2.75) is 91.1 Å². The zero-order valence-electron chi connectivity index (χ0n) is 32.3. The van der Waals surface area contributed by atoms with E-state index in [0.717, 1.165) is 12.8 Å². The second kappa shape index (κ2) is 21.1. The average Bonchev–Trinajstić information content (AvgIpc) is 3.17. The number of methoxy groups -OCH3 is 1. The van der Waals surface area contributed by atoms with Crippen LogP contribution in [0.2, 0.25) is 0 Å². The number of amides is 2. The number of carbonyl (C=O) groups is 6. The van der Waals surface area contributed by atoms with E-state index in [-0.39, 0.29) is 46.2 Å². The van der Waals surface area contributed by atoms with Gasteiger partial charge in [0.15, 0.2) is 23.7 Å². The summed E-state index contributed by atoms with van der Waals surface area (Å²) in [5.74, 6) is -4.54. The Kier molecular flexibility index (Phi) is 16.7. The van der Waals surface area contributed by atoms with E-state index in [1.54, 1.807) is 18.2 Å². The number of carbonyl (C=O) groups excluding carboxylic acids is 6. The number of para-hydroxylation sites is 2. The van der Waals surface area contributed by atoms with Crippen molar-refractivity contribution in [1.82, 2.24) is 5.32 Å². The van der Waals surface area contributed by atoms with Crippen LogP contribution in [0.5, 0.6) is 23.0 Å². The lowest BCUT2D eigenvalue weighted by Gasteiger charge is -2.29. The Labute approximate surface area is 325 Å². The van der Waals surface area contributed by atoms with Crippen molar-refractivity contribution < 1.29 is 63.0 Å². The third-order valence-corrected chi connectivity index (χ3v) is 8.83. The first-order valence-corrected chi connectivity index (χ1v) is 18.3. The van der Waals surface area contributed by atoms with Crippen LogP contribution in [0.15, 0.2) is 60.7 Å². The summed E-state index contributed by atoms with van der Waals surface area (Å²) >= 11 is 0. The highest BCUT2D eigenvalue weighted by Gasteiger charge is 2.44. The maximum absolute atomic E-state index is 13.3. The quantitative estimate of drug-likeness (QED) is 0.0344. The number of anilines is 1. The molecule has 1 aliphatic heterocycles. The van der Waals surface area contributed by atoms with Crippen molar-refractivity contribution in [1.29, 1.82) is 0 Å². The van der Waals surface area contributed by atoms with Gasteiger partial charge in [0.25, 0.3) is 5.91 Å². The predicted octanol–water partition coefficient (Wildman–Crippen LogP) is 5.43. The second-order valence-corrected chi connectivity index (χ2v) is 13.6. The lowest BCUT2D eigenvalue weighted by Crippen LogP contribution is -2.50. The van der Waals surface area contributed by atoms with E-state index in [9.17, 15) is 44.1 Å². The van der Waals surface area contributed by atoms with Gasteiger partial charge in [0, 0.05) is 12.5 Å². The van der Waals surface area contributed by atoms with Crippen LogP contribution >= 0.6 is 0 Å². The Morgan fingerprint density at radius 2 is 1.52 bits per heavy atom. The number of phenolic OH excluding ortho intramolecular Hbond substituents is 3. The summed E-state index contributed by atoms with van der Waals surface area (Å²) in [5.41, 5.74) is 0.0584. The highest BCUT2D eigenvalue weighted by Crippen LogP contribution is 2.30. The van der Waals surface area contributed by atoms with Crippen LogP contribution in [0.25, 0.3) is 0 Å². The van der Waals surface area contributed by atoms with Gasteiger partial charge in [-0.2, -0.15) is 0 Å². The molecule has 15 heteroatoms. The first-order chi connectivity index (χ1) is 26.6. The Morgan fingerprint density at radius 3 is 2.14 bits per heavy atom. The molecule has 0 aliphatic carbocycles. The maximum Gasteiger partial charge on any atom is 0.332 e. The Morgan fingerprint density at radius 1 is 0.857 bits per heavy atom. The zero-order valence-corrected chi connectivity index (χ0v) is 32.3. The number of aromatic hydroxyl groups is 3. The average molecular weight is 779 g/mol. The normalized spacial score (nSPS) is 19.4. The minimum atomic E-state index is -1.42. The van der Waals surface area contributed by atoms with E-state index in [0.29, 0.717) is 25.0 Å². The minimum Gasteiger partial charge on any atom is -0.507 e. The van der Waals surface area contributed by atoms with Gasteiger partial charge in [0.1, 0.15) is 29.5 Å². The smallest absolute Gasteiger partial charge is 0.332 e. The molecule has 0 saturated carbocycles. The molecule has 5 N–H and O–H groups in total. The molecule has 15 nitrogen and oxygen atoms in total. The monoisotopic (exact) mass is 778 g/mol. The fourth-order valence-electron chi connectivity index (χ4n) is 5.87. The number of ether oxygens (including phenoxy) is 4. The lowest BCUT2D eigenvalue weighted by molar-refractivity contribution is -0.175. The van der Waals surface area contributed by atoms with Crippen molar-refractivity contribution in [3.05, 3.63) is 77.4 Å². The number of hydrogen-bond donors (Lipinski definition) is 5. The maximum atomic E-state index is 13.3. The van der Waals surface area contributed by atoms with E-state index in [4.69, 9.17) is 18.9 Å². The largest absolute Gasteiger partial charge is 0.507 e. The molecule has 0 spiro atoms. The number of unbranched alkanes of at least 4 members (excludes halogenated alkanes) is 2. The number of rotatable bonds is 14. The van der Waals surface area contributed by atoms with Crippen LogP contribution in [0.3, 0.4) is 0 Å². The number of benzene rings is 3. The van der Waals surface area contributed by atoms with E-state index < -0.39 is 65.6 Å². The van der Waals surface area contributed by atoms with Gasteiger partial charge < -0.3 is 44.9 Å². The first kappa shape index (κ1) is 44.3. The highest BCUT2D eigenvalue weighted by molar-refractivity contribution is 6.12. The molecule has 56 heavy (non-hydrogen) atoms. The molecule has 0 bridgehead atoms. The third-order valence-electron chi connectivity index (χ3n) is 8.83. The molecular weight excluding hydrogens is 728 g/mol. The number of phenols is 3. The molecule has 2 amide bonds. The van der Waals surface area contributed by atoms with Gasteiger partial charge in [-0.1, -0.05) is 58.2 Å². The van der Waals surface area contributed by atoms with Crippen molar-refractivity contribution in [2.75, 3.05) is 12.4 Å². The first-order valence-electron chi connectivity index (χ1n) is 18.3. The second-order valence-electron chi connectivity index (χ2n) is 13.6. The number of esters is 3. The van der Waals surface area contributed by atoms with Crippen LogP contribution in [-0.4, -0.2) is 82.8 Å². The van der Waals surface area contributed by atoms with Gasteiger partial charge in [-0.05, 0) is 62.6 Å². The van der Waals surface area contributed by atoms with Crippen molar-refractivity contribution in [3.63, 3.8) is 0 Å². The molecular formula is C41H50N2O13. The van der Waals surface area contributed by atoms with Gasteiger partial charge in [-0.3, -0.25) is 24.0 Å². The minimum absolute atomic E-state index is 0.00114. The standard InChI is InChI=1S/C27H38N2O9.C14H12O4/c1-6-7-8-10-19-24(38-21(31)13-15(2)3)17(5)37-27(35)22(16(4)36-26(19)34)29-25(33)18-11-9-12-20(23(18)32)28-14-30;1-18-9-6-7-11(13(16)8-9)14(17)10-4-2-3-5-12(10)15/h9,11-12,14-17,19,22,24,32H,6-8,10,13H2,1-5H3,(H,28,30)(H,29,33);2-8,15-16H,1H3. The summed E-state index contributed by atoms with van der Waals surface area (Å²) < 4.78 is 21.8. The molecule has 0 radical (unpaired) electrons. The van der Waals surface area contributed by atoms with E-state index in [2.05, 4.69) is 10.6 Å². The topological polar surface area (TPSA) is 224 Å². The molecule has 1 saturated heterocycles. The number of ketones is 1. The summed E-state index contributed by atoms with van der Waals surface area (Å²) in [5, 5.41) is 34.5. The summed E-state index contributed by atoms with van der Waals surface area (Å²) in [6.07, 6.45) is 0.0639. The number of cyclic esters (lactones) is 2. The predicted molar refractivity (Wildman–Crippen MR) is 203 cm³/mol. The van der Waals surface area contributed by atoms with E-state index >= 15 is 0 Å². The van der Waals surface area contributed by atoms with Crippen LogP contribution in [0.4, 0.5) is 5.69 Å². The van der Waals surface area contributed by atoms with E-state index in [1.165, 1.54) is 63.4 Å². The van der Waals surface area contributed by atoms with Gasteiger partial charge in [0.05, 0.1) is 35.4 Å². The highest BCUT2D eigenvalue weighted by atomic mass is 16.6. The summed E-state index contributed by atoms with van der Waals surface area (Å²) in [7, 11) is 1.47. The molecule has 5 unspecified atom stereocenters. The third kappa shape index (κ3) is 11.9. The summed E-state index contributed by atoms with van der Waals surface area (Å²) in [6.45, 7) is 8.70. The van der Waals surface area contributed by atoms with Gasteiger partial charge in [0.2, 0.25) is 6.41 Å². The van der Waals surface area contributed by atoms with Crippen LogP contribution in [-0.2, 0) is 33.4 Å². The number of nitrogens with one attached hydrogen (secondary N) is 2. The van der Waals surface area contributed by atoms with Crippen molar-refractivity contribution in [2.24, 2.45) is 11.8 Å². The molecule has 3 aromatic carbocycles. The fourth-order valence-corrected chi connectivity index (χ4v) is 5.87. The van der Waals surface area contributed by atoms with Crippen molar-refractivity contribution >= 4 is 41.7 Å². The lowest BCUT2D eigenvalue weighted by atomic mass is 9.92. The Balaban J connectivity index is 0.000000387.